The number of rotatable bonds is 2. The van der Waals surface area contributed by atoms with E-state index in [0.717, 1.165) is 10.4 Å². The molecule has 0 atom stereocenters. The molecule has 7 heteroatoms. The summed E-state index contributed by atoms with van der Waals surface area (Å²) in [6.07, 6.45) is 0. The molecule has 1 heterocycles. The summed E-state index contributed by atoms with van der Waals surface area (Å²) in [6.45, 7) is 1.63. The summed E-state index contributed by atoms with van der Waals surface area (Å²) in [5.41, 5.74) is -0.985. The molecule has 0 unspecified atom stereocenters. The van der Waals surface area contributed by atoms with E-state index in [1.807, 2.05) is 0 Å². The Morgan fingerprint density at radius 2 is 2.06 bits per heavy atom. The minimum absolute atomic E-state index is 0.0347. The standard InChI is InChI=1S/C10H11BrFNO3S/c1-10(14)5-13(6-10)17(15,16)7-2-3-8(11)9(12)4-7/h2-4,14H,5-6H2,1H3. The fraction of sp³-hybridized carbons (Fsp3) is 0.400. The van der Waals surface area contributed by atoms with Gasteiger partial charge in [0.05, 0.1) is 15.0 Å². The van der Waals surface area contributed by atoms with E-state index in [-0.39, 0.29) is 22.5 Å². The maximum atomic E-state index is 13.3. The minimum Gasteiger partial charge on any atom is -0.387 e. The molecule has 1 aromatic rings. The van der Waals surface area contributed by atoms with Gasteiger partial charge in [-0.3, -0.25) is 0 Å². The average molecular weight is 324 g/mol. The Morgan fingerprint density at radius 3 is 2.53 bits per heavy atom. The van der Waals surface area contributed by atoms with Crippen molar-refractivity contribution in [3.05, 3.63) is 28.5 Å². The lowest BCUT2D eigenvalue weighted by Crippen LogP contribution is -2.61. The molecule has 0 aliphatic carbocycles. The van der Waals surface area contributed by atoms with E-state index in [2.05, 4.69) is 15.9 Å². The van der Waals surface area contributed by atoms with Crippen LogP contribution in [0.1, 0.15) is 6.92 Å². The second-order valence-electron chi connectivity index (χ2n) is 4.35. The molecule has 1 N–H and O–H groups in total. The van der Waals surface area contributed by atoms with Crippen LogP contribution in [0.3, 0.4) is 0 Å². The maximum Gasteiger partial charge on any atom is 0.243 e. The number of benzene rings is 1. The summed E-state index contributed by atoms with van der Waals surface area (Å²) in [7, 11) is -3.70. The van der Waals surface area contributed by atoms with Crippen LogP contribution >= 0.6 is 15.9 Å². The topological polar surface area (TPSA) is 57.6 Å². The number of hydrogen-bond donors (Lipinski definition) is 1. The molecule has 0 aromatic heterocycles. The van der Waals surface area contributed by atoms with Gasteiger partial charge in [-0.25, -0.2) is 12.8 Å². The fourth-order valence-corrected chi connectivity index (χ4v) is 3.60. The van der Waals surface area contributed by atoms with E-state index in [1.165, 1.54) is 12.1 Å². The van der Waals surface area contributed by atoms with Gasteiger partial charge in [0, 0.05) is 13.1 Å². The number of aliphatic hydroxyl groups is 1. The molecule has 0 spiro atoms. The number of β-amino-alcohol motifs (C(OH)–C–C–N with tert-alkyl or cyclic N) is 1. The van der Waals surface area contributed by atoms with Crippen LogP contribution in [0.4, 0.5) is 4.39 Å². The van der Waals surface area contributed by atoms with Crippen LogP contribution in [0.5, 0.6) is 0 Å². The Bertz CT molecular complexity index is 551. The number of nitrogens with zero attached hydrogens (tertiary/aromatic N) is 1. The van der Waals surface area contributed by atoms with Crippen molar-refractivity contribution in [2.24, 2.45) is 0 Å². The molecule has 1 aromatic carbocycles. The van der Waals surface area contributed by atoms with Crippen LogP contribution < -0.4 is 0 Å². The van der Waals surface area contributed by atoms with Gasteiger partial charge in [-0.15, -0.1) is 0 Å². The van der Waals surface area contributed by atoms with Crippen LogP contribution in [-0.2, 0) is 10.0 Å². The molecular formula is C10H11BrFNO3S. The third kappa shape index (κ3) is 2.37. The van der Waals surface area contributed by atoms with Crippen LogP contribution in [-0.4, -0.2) is 36.5 Å². The van der Waals surface area contributed by atoms with Crippen molar-refractivity contribution in [2.75, 3.05) is 13.1 Å². The molecule has 0 saturated carbocycles. The smallest absolute Gasteiger partial charge is 0.243 e. The van der Waals surface area contributed by atoms with Crippen LogP contribution in [0.2, 0.25) is 0 Å². The van der Waals surface area contributed by atoms with Gasteiger partial charge in [-0.2, -0.15) is 4.31 Å². The zero-order chi connectivity index (χ0) is 12.8. The van der Waals surface area contributed by atoms with Gasteiger partial charge in [-0.05, 0) is 41.1 Å². The zero-order valence-electron chi connectivity index (χ0n) is 9.02. The second kappa shape index (κ2) is 4.01. The molecule has 0 amide bonds. The van der Waals surface area contributed by atoms with E-state index in [9.17, 15) is 17.9 Å². The number of hydrogen-bond acceptors (Lipinski definition) is 3. The summed E-state index contributed by atoms with van der Waals surface area (Å²) in [5, 5.41) is 9.50. The Kier molecular flexibility index (Phi) is 3.05. The highest BCUT2D eigenvalue weighted by molar-refractivity contribution is 9.10. The normalized spacial score (nSPS) is 20.0. The second-order valence-corrected chi connectivity index (χ2v) is 7.14. The van der Waals surface area contributed by atoms with Crippen molar-refractivity contribution in [1.29, 1.82) is 0 Å². The first kappa shape index (κ1) is 12.9. The van der Waals surface area contributed by atoms with E-state index in [0.29, 0.717) is 0 Å². The van der Waals surface area contributed by atoms with E-state index < -0.39 is 21.4 Å². The van der Waals surface area contributed by atoms with Crippen molar-refractivity contribution in [3.8, 4) is 0 Å². The van der Waals surface area contributed by atoms with Crippen molar-refractivity contribution in [1.82, 2.24) is 4.31 Å². The summed E-state index contributed by atoms with van der Waals surface area (Å²) in [6, 6.07) is 3.64. The molecule has 94 valence electrons. The van der Waals surface area contributed by atoms with E-state index >= 15 is 0 Å². The van der Waals surface area contributed by atoms with Crippen LogP contribution in [0, 0.1) is 5.82 Å². The summed E-state index contributed by atoms with van der Waals surface area (Å²) < 4.78 is 38.6. The maximum absolute atomic E-state index is 13.3. The van der Waals surface area contributed by atoms with Crippen molar-refractivity contribution in [3.63, 3.8) is 0 Å². The van der Waals surface area contributed by atoms with Gasteiger partial charge in [0.15, 0.2) is 0 Å². The van der Waals surface area contributed by atoms with E-state index in [1.54, 1.807) is 6.92 Å². The van der Waals surface area contributed by atoms with Gasteiger partial charge in [0.25, 0.3) is 0 Å². The highest BCUT2D eigenvalue weighted by atomic mass is 79.9. The van der Waals surface area contributed by atoms with Crippen molar-refractivity contribution >= 4 is 26.0 Å². The average Bonchev–Trinajstić information content (AvgIpc) is 2.18. The van der Waals surface area contributed by atoms with Crippen molar-refractivity contribution in [2.45, 2.75) is 17.4 Å². The largest absolute Gasteiger partial charge is 0.387 e. The van der Waals surface area contributed by atoms with Gasteiger partial charge in [-0.1, -0.05) is 0 Å². The predicted molar refractivity (Wildman–Crippen MR) is 63.5 cm³/mol. The minimum atomic E-state index is -3.70. The molecule has 4 nitrogen and oxygen atoms in total. The summed E-state index contributed by atoms with van der Waals surface area (Å²) >= 11 is 2.96. The number of halogens is 2. The van der Waals surface area contributed by atoms with Gasteiger partial charge >= 0.3 is 0 Å². The molecule has 1 aliphatic heterocycles. The molecule has 1 saturated heterocycles. The molecule has 0 bridgehead atoms. The Balaban J connectivity index is 2.30. The highest BCUT2D eigenvalue weighted by Crippen LogP contribution is 2.29. The van der Waals surface area contributed by atoms with E-state index in [4.69, 9.17) is 0 Å². The number of sulfonamides is 1. The van der Waals surface area contributed by atoms with Crippen LogP contribution in [0.25, 0.3) is 0 Å². The lowest BCUT2D eigenvalue weighted by molar-refractivity contribution is -0.0426. The molecular weight excluding hydrogens is 313 g/mol. The molecule has 17 heavy (non-hydrogen) atoms. The Hall–Kier alpha value is -0.500. The zero-order valence-corrected chi connectivity index (χ0v) is 11.4. The van der Waals surface area contributed by atoms with Gasteiger partial charge in [0.2, 0.25) is 10.0 Å². The quantitative estimate of drug-likeness (QED) is 0.893. The fourth-order valence-electron chi connectivity index (χ4n) is 1.67. The Morgan fingerprint density at radius 1 is 1.47 bits per heavy atom. The molecule has 0 radical (unpaired) electrons. The first-order chi connectivity index (χ1) is 7.72. The molecule has 1 fully saturated rings. The Labute approximate surface area is 107 Å². The first-order valence-corrected chi connectivity index (χ1v) is 7.13. The van der Waals surface area contributed by atoms with Crippen molar-refractivity contribution < 1.29 is 17.9 Å². The molecule has 2 rings (SSSR count). The summed E-state index contributed by atoms with van der Waals surface area (Å²) in [4.78, 5) is -0.103. The third-order valence-electron chi connectivity index (χ3n) is 2.56. The SMILES string of the molecule is CC1(O)CN(S(=O)(=O)c2ccc(Br)c(F)c2)C1. The lowest BCUT2D eigenvalue weighted by Gasteiger charge is -2.42. The van der Waals surface area contributed by atoms with Gasteiger partial charge in [0.1, 0.15) is 5.82 Å². The monoisotopic (exact) mass is 323 g/mol. The third-order valence-corrected chi connectivity index (χ3v) is 4.99. The predicted octanol–water partition coefficient (Wildman–Crippen LogP) is 1.34. The van der Waals surface area contributed by atoms with Crippen LogP contribution in [0.15, 0.2) is 27.6 Å². The first-order valence-electron chi connectivity index (χ1n) is 4.90. The summed E-state index contributed by atoms with van der Waals surface area (Å²) in [5.74, 6) is -0.627. The lowest BCUT2D eigenvalue weighted by atomic mass is 10.0. The highest BCUT2D eigenvalue weighted by Gasteiger charge is 2.43. The molecule has 1 aliphatic rings. The van der Waals surface area contributed by atoms with Gasteiger partial charge < -0.3 is 5.11 Å².